The summed E-state index contributed by atoms with van der Waals surface area (Å²) < 4.78 is 10.8. The van der Waals surface area contributed by atoms with Gasteiger partial charge in [0.15, 0.2) is 11.9 Å². The molecule has 2 N–H and O–H groups in total. The molecule has 1 aromatic heterocycles. The number of hydrogen-bond donors (Lipinski definition) is 2. The zero-order valence-corrected chi connectivity index (χ0v) is 14.0. The first-order valence-electron chi connectivity index (χ1n) is 7.88. The van der Waals surface area contributed by atoms with Gasteiger partial charge in [-0.05, 0) is 24.6 Å². The first kappa shape index (κ1) is 16.6. The summed E-state index contributed by atoms with van der Waals surface area (Å²) in [6.45, 7) is 1.68. The predicted octanol–water partition coefficient (Wildman–Crippen LogP) is 3.49. The van der Waals surface area contributed by atoms with Gasteiger partial charge in [-0.1, -0.05) is 36.4 Å². The Hall–Kier alpha value is -3.28. The summed E-state index contributed by atoms with van der Waals surface area (Å²) in [6.07, 6.45) is -0.677. The lowest BCUT2D eigenvalue weighted by Crippen LogP contribution is -2.30. The van der Waals surface area contributed by atoms with E-state index in [0.717, 1.165) is 11.3 Å². The van der Waals surface area contributed by atoms with E-state index in [0.29, 0.717) is 17.3 Å². The quantitative estimate of drug-likeness (QED) is 0.722. The maximum Gasteiger partial charge on any atom is 0.266 e. The van der Waals surface area contributed by atoms with Crippen molar-refractivity contribution < 1.29 is 14.3 Å². The van der Waals surface area contributed by atoms with Gasteiger partial charge in [0.25, 0.3) is 5.91 Å². The van der Waals surface area contributed by atoms with Gasteiger partial charge in [-0.3, -0.25) is 9.89 Å². The van der Waals surface area contributed by atoms with Gasteiger partial charge in [-0.15, -0.1) is 0 Å². The number of ether oxygens (including phenoxy) is 2. The van der Waals surface area contributed by atoms with Crippen LogP contribution in [0.2, 0.25) is 0 Å². The summed E-state index contributed by atoms with van der Waals surface area (Å²) in [5.74, 6) is 1.40. The number of rotatable bonds is 6. The molecule has 25 heavy (non-hydrogen) atoms. The Kier molecular flexibility index (Phi) is 4.99. The molecule has 0 radical (unpaired) electrons. The highest BCUT2D eigenvalue weighted by molar-refractivity contribution is 5.93. The summed E-state index contributed by atoms with van der Waals surface area (Å²) in [4.78, 5) is 12.3. The second-order valence-corrected chi connectivity index (χ2v) is 5.46. The van der Waals surface area contributed by atoms with Crippen molar-refractivity contribution >= 4 is 11.7 Å². The highest BCUT2D eigenvalue weighted by atomic mass is 16.5. The Morgan fingerprint density at radius 1 is 1.08 bits per heavy atom. The third-order valence-electron chi connectivity index (χ3n) is 3.64. The molecule has 0 unspecified atom stereocenters. The average Bonchev–Trinajstić information content (AvgIpc) is 3.11. The first-order chi connectivity index (χ1) is 12.2. The molecular formula is C19H19N3O3. The number of hydrogen-bond acceptors (Lipinski definition) is 4. The van der Waals surface area contributed by atoms with Crippen LogP contribution in [-0.2, 0) is 4.79 Å². The molecule has 0 aliphatic rings. The third kappa shape index (κ3) is 4.17. The van der Waals surface area contributed by atoms with Crippen molar-refractivity contribution in [2.75, 3.05) is 12.4 Å². The Balaban J connectivity index is 1.62. The molecule has 1 heterocycles. The number of amides is 1. The molecule has 0 aliphatic heterocycles. The van der Waals surface area contributed by atoms with E-state index in [2.05, 4.69) is 15.5 Å². The highest BCUT2D eigenvalue weighted by Gasteiger charge is 2.16. The fourth-order valence-electron chi connectivity index (χ4n) is 2.31. The second-order valence-electron chi connectivity index (χ2n) is 5.46. The van der Waals surface area contributed by atoms with E-state index in [1.165, 1.54) is 0 Å². The van der Waals surface area contributed by atoms with Gasteiger partial charge in [-0.25, -0.2) is 0 Å². The van der Waals surface area contributed by atoms with Gasteiger partial charge >= 0.3 is 0 Å². The van der Waals surface area contributed by atoms with E-state index in [1.807, 2.05) is 36.4 Å². The van der Waals surface area contributed by atoms with Crippen LogP contribution in [-0.4, -0.2) is 29.3 Å². The van der Waals surface area contributed by atoms with E-state index in [-0.39, 0.29) is 5.91 Å². The van der Waals surface area contributed by atoms with E-state index >= 15 is 0 Å². The second kappa shape index (κ2) is 7.53. The van der Waals surface area contributed by atoms with Crippen LogP contribution < -0.4 is 14.8 Å². The standard InChI is InChI=1S/C19H19N3O3/c1-13(25-16-10-6-9-15(11-16)24-2)19(23)20-18-12-17(21-22-18)14-7-4-3-5-8-14/h3-13H,1-2H3,(H2,20,21,22,23)/t13-/m0/s1. The number of benzene rings is 2. The molecule has 2 aromatic carbocycles. The highest BCUT2D eigenvalue weighted by Crippen LogP contribution is 2.21. The minimum absolute atomic E-state index is 0.283. The topological polar surface area (TPSA) is 76.2 Å². The van der Waals surface area contributed by atoms with Crippen molar-refractivity contribution in [3.05, 3.63) is 60.7 Å². The Morgan fingerprint density at radius 3 is 2.60 bits per heavy atom. The number of nitrogens with zero attached hydrogens (tertiary/aromatic N) is 1. The van der Waals surface area contributed by atoms with Crippen molar-refractivity contribution in [3.63, 3.8) is 0 Å². The number of carbonyl (C=O) groups is 1. The van der Waals surface area contributed by atoms with Crippen molar-refractivity contribution in [2.45, 2.75) is 13.0 Å². The zero-order chi connectivity index (χ0) is 17.6. The van der Waals surface area contributed by atoms with E-state index in [1.54, 1.807) is 38.3 Å². The summed E-state index contributed by atoms with van der Waals surface area (Å²) in [5.41, 5.74) is 1.83. The maximum absolute atomic E-state index is 12.3. The monoisotopic (exact) mass is 337 g/mol. The third-order valence-corrected chi connectivity index (χ3v) is 3.64. The SMILES string of the molecule is COc1cccc(O[C@@H](C)C(=O)Nc2cc(-c3ccccc3)[nH]n2)c1. The summed E-state index contributed by atoms with van der Waals surface area (Å²) in [7, 11) is 1.58. The molecule has 128 valence electrons. The van der Waals surface area contributed by atoms with Crippen molar-refractivity contribution in [3.8, 4) is 22.8 Å². The van der Waals surface area contributed by atoms with Crippen LogP contribution in [0.4, 0.5) is 5.82 Å². The fourth-order valence-corrected chi connectivity index (χ4v) is 2.31. The molecule has 0 aliphatic carbocycles. The van der Waals surface area contributed by atoms with E-state index in [4.69, 9.17) is 9.47 Å². The molecule has 1 atom stereocenters. The fraction of sp³-hybridized carbons (Fsp3) is 0.158. The lowest BCUT2D eigenvalue weighted by molar-refractivity contribution is -0.122. The average molecular weight is 337 g/mol. The predicted molar refractivity (Wildman–Crippen MR) is 95.7 cm³/mol. The molecule has 0 saturated heterocycles. The molecule has 3 aromatic rings. The molecule has 0 fully saturated rings. The Morgan fingerprint density at radius 2 is 1.84 bits per heavy atom. The van der Waals surface area contributed by atoms with Crippen LogP contribution in [0.15, 0.2) is 60.7 Å². The molecule has 0 spiro atoms. The first-order valence-corrected chi connectivity index (χ1v) is 7.88. The van der Waals surface area contributed by atoms with Gasteiger partial charge in [0.05, 0.1) is 12.8 Å². The van der Waals surface area contributed by atoms with Gasteiger partial charge < -0.3 is 14.8 Å². The van der Waals surface area contributed by atoms with Crippen LogP contribution in [0.1, 0.15) is 6.92 Å². The van der Waals surface area contributed by atoms with Gasteiger partial charge in [0.1, 0.15) is 11.5 Å². The van der Waals surface area contributed by atoms with E-state index in [9.17, 15) is 4.79 Å². The number of H-pyrrole nitrogens is 1. The van der Waals surface area contributed by atoms with Crippen molar-refractivity contribution in [2.24, 2.45) is 0 Å². The van der Waals surface area contributed by atoms with Crippen LogP contribution >= 0.6 is 0 Å². The molecule has 0 saturated carbocycles. The summed E-state index contributed by atoms with van der Waals surface area (Å²) >= 11 is 0. The number of anilines is 1. The number of nitrogens with one attached hydrogen (secondary N) is 2. The van der Waals surface area contributed by atoms with Crippen LogP contribution in [0, 0.1) is 0 Å². The number of carbonyl (C=O) groups excluding carboxylic acids is 1. The normalized spacial score (nSPS) is 11.6. The lowest BCUT2D eigenvalue weighted by atomic mass is 10.1. The molecule has 6 heteroatoms. The van der Waals surface area contributed by atoms with Gasteiger partial charge in [0, 0.05) is 12.1 Å². The van der Waals surface area contributed by atoms with Crippen LogP contribution in [0.25, 0.3) is 11.3 Å². The summed E-state index contributed by atoms with van der Waals surface area (Å²) in [5, 5.41) is 9.77. The minimum atomic E-state index is -0.677. The van der Waals surface area contributed by atoms with Gasteiger partial charge in [-0.2, -0.15) is 5.10 Å². The Labute approximate surface area is 145 Å². The largest absolute Gasteiger partial charge is 0.497 e. The lowest BCUT2D eigenvalue weighted by Gasteiger charge is -2.14. The summed E-state index contributed by atoms with van der Waals surface area (Å²) in [6, 6.07) is 18.7. The number of methoxy groups -OCH3 is 1. The molecule has 6 nitrogen and oxygen atoms in total. The Bertz CT molecular complexity index is 846. The minimum Gasteiger partial charge on any atom is -0.497 e. The van der Waals surface area contributed by atoms with Crippen molar-refractivity contribution in [1.29, 1.82) is 0 Å². The number of aromatic amines is 1. The van der Waals surface area contributed by atoms with Crippen molar-refractivity contribution in [1.82, 2.24) is 10.2 Å². The molecule has 1 amide bonds. The molecule has 0 bridgehead atoms. The maximum atomic E-state index is 12.3. The van der Waals surface area contributed by atoms with Crippen LogP contribution in [0.3, 0.4) is 0 Å². The molecular weight excluding hydrogens is 318 g/mol. The smallest absolute Gasteiger partial charge is 0.266 e. The molecule has 3 rings (SSSR count). The van der Waals surface area contributed by atoms with Gasteiger partial charge in [0.2, 0.25) is 0 Å². The zero-order valence-electron chi connectivity index (χ0n) is 14.0. The number of aromatic nitrogens is 2. The van der Waals surface area contributed by atoms with E-state index < -0.39 is 6.10 Å². The van der Waals surface area contributed by atoms with Crippen LogP contribution in [0.5, 0.6) is 11.5 Å².